The van der Waals surface area contributed by atoms with Gasteiger partial charge in [0.25, 0.3) is 0 Å². The van der Waals surface area contributed by atoms with Crippen LogP contribution >= 0.6 is 0 Å². The molecule has 3 nitrogen and oxygen atoms in total. The van der Waals surface area contributed by atoms with Gasteiger partial charge in [0, 0.05) is 38.4 Å². The average molecular weight is 233 g/mol. The summed E-state index contributed by atoms with van der Waals surface area (Å²) in [5.74, 6) is 0.742. The monoisotopic (exact) mass is 233 g/mol. The molecule has 17 heavy (non-hydrogen) atoms. The van der Waals surface area contributed by atoms with Crippen LogP contribution in [0.15, 0.2) is 24.4 Å². The number of hydrogen-bond acceptors (Lipinski definition) is 3. The third kappa shape index (κ3) is 3.27. The average Bonchev–Trinajstić information content (AvgIpc) is 2.40. The van der Waals surface area contributed by atoms with Gasteiger partial charge in [0.2, 0.25) is 0 Å². The molecule has 1 aliphatic rings. The van der Waals surface area contributed by atoms with E-state index >= 15 is 0 Å². The molecule has 2 atom stereocenters. The van der Waals surface area contributed by atoms with Gasteiger partial charge < -0.3 is 5.32 Å². The Kier molecular flexibility index (Phi) is 4.51. The highest BCUT2D eigenvalue weighted by Crippen LogP contribution is 2.18. The Labute approximate surface area is 104 Å². The van der Waals surface area contributed by atoms with Gasteiger partial charge >= 0.3 is 0 Å². The van der Waals surface area contributed by atoms with Gasteiger partial charge in [0.05, 0.1) is 5.69 Å². The zero-order valence-electron chi connectivity index (χ0n) is 10.9. The Balaban J connectivity index is 2.01. The summed E-state index contributed by atoms with van der Waals surface area (Å²) in [6, 6.07) is 6.82. The summed E-state index contributed by atoms with van der Waals surface area (Å²) in [4.78, 5) is 7.01. The van der Waals surface area contributed by atoms with E-state index in [1.807, 2.05) is 12.3 Å². The molecular formula is C14H23N3. The summed E-state index contributed by atoms with van der Waals surface area (Å²) < 4.78 is 0. The lowest BCUT2D eigenvalue weighted by atomic mass is 9.96. The van der Waals surface area contributed by atoms with E-state index in [9.17, 15) is 0 Å². The van der Waals surface area contributed by atoms with Crippen LogP contribution in [0.2, 0.25) is 0 Å². The minimum absolute atomic E-state index is 0.649. The molecule has 1 fully saturated rings. The van der Waals surface area contributed by atoms with Crippen LogP contribution in [0.1, 0.15) is 26.0 Å². The Morgan fingerprint density at radius 3 is 3.12 bits per heavy atom. The van der Waals surface area contributed by atoms with Crippen LogP contribution in [0, 0.1) is 5.92 Å². The maximum absolute atomic E-state index is 4.43. The maximum atomic E-state index is 4.43. The molecule has 0 spiro atoms. The van der Waals surface area contributed by atoms with Crippen LogP contribution in [0.25, 0.3) is 0 Å². The summed E-state index contributed by atoms with van der Waals surface area (Å²) in [5, 5.41) is 3.50. The molecule has 0 aliphatic carbocycles. The number of nitrogens with one attached hydrogen (secondary N) is 1. The highest BCUT2D eigenvalue weighted by atomic mass is 15.2. The van der Waals surface area contributed by atoms with Gasteiger partial charge in [-0.15, -0.1) is 0 Å². The van der Waals surface area contributed by atoms with Gasteiger partial charge in [-0.25, -0.2) is 0 Å². The second-order valence-corrected chi connectivity index (χ2v) is 4.95. The van der Waals surface area contributed by atoms with E-state index in [1.54, 1.807) is 0 Å². The summed E-state index contributed by atoms with van der Waals surface area (Å²) in [5.41, 5.74) is 1.18. The van der Waals surface area contributed by atoms with Crippen molar-refractivity contribution in [1.29, 1.82) is 0 Å². The molecular weight excluding hydrogens is 210 g/mol. The van der Waals surface area contributed by atoms with Crippen molar-refractivity contribution in [3.63, 3.8) is 0 Å². The van der Waals surface area contributed by atoms with E-state index in [-0.39, 0.29) is 0 Å². The van der Waals surface area contributed by atoms with Crippen molar-refractivity contribution in [3.05, 3.63) is 30.1 Å². The van der Waals surface area contributed by atoms with Gasteiger partial charge in [0.1, 0.15) is 0 Å². The molecule has 3 heteroatoms. The number of pyridine rings is 1. The van der Waals surface area contributed by atoms with Gasteiger partial charge in [-0.3, -0.25) is 9.88 Å². The number of aromatic nitrogens is 1. The third-order valence-electron chi connectivity index (χ3n) is 3.79. The van der Waals surface area contributed by atoms with Crippen molar-refractivity contribution in [2.75, 3.05) is 19.6 Å². The molecule has 1 aromatic rings. The first kappa shape index (κ1) is 12.5. The third-order valence-corrected chi connectivity index (χ3v) is 3.79. The maximum Gasteiger partial charge on any atom is 0.0544 e. The predicted molar refractivity (Wildman–Crippen MR) is 70.8 cm³/mol. The van der Waals surface area contributed by atoms with Gasteiger partial charge in [0.15, 0.2) is 0 Å². The second kappa shape index (κ2) is 6.12. The molecule has 2 rings (SSSR count). The quantitative estimate of drug-likeness (QED) is 0.861. The largest absolute Gasteiger partial charge is 0.314 e. The van der Waals surface area contributed by atoms with Gasteiger partial charge in [-0.2, -0.15) is 0 Å². The predicted octanol–water partition coefficient (Wildman–Crippen LogP) is 1.90. The summed E-state index contributed by atoms with van der Waals surface area (Å²) in [7, 11) is 0. The zero-order valence-corrected chi connectivity index (χ0v) is 10.9. The smallest absolute Gasteiger partial charge is 0.0544 e. The van der Waals surface area contributed by atoms with Crippen molar-refractivity contribution in [2.24, 2.45) is 5.92 Å². The second-order valence-electron chi connectivity index (χ2n) is 4.95. The summed E-state index contributed by atoms with van der Waals surface area (Å²) in [6.07, 6.45) is 3.13. The molecule has 0 saturated carbocycles. The van der Waals surface area contributed by atoms with E-state index in [0.29, 0.717) is 6.04 Å². The summed E-state index contributed by atoms with van der Waals surface area (Å²) in [6.45, 7) is 8.95. The lowest BCUT2D eigenvalue weighted by molar-refractivity contribution is 0.107. The lowest BCUT2D eigenvalue weighted by Gasteiger charge is -2.39. The Morgan fingerprint density at radius 1 is 1.53 bits per heavy atom. The van der Waals surface area contributed by atoms with Crippen LogP contribution in [0.3, 0.4) is 0 Å². The van der Waals surface area contributed by atoms with Crippen molar-refractivity contribution >= 4 is 0 Å². The Hall–Kier alpha value is -0.930. The van der Waals surface area contributed by atoms with Crippen LogP contribution in [0.4, 0.5) is 0 Å². The Bertz CT molecular complexity index is 325. The van der Waals surface area contributed by atoms with Gasteiger partial charge in [-0.1, -0.05) is 26.3 Å². The van der Waals surface area contributed by atoms with E-state index in [2.05, 4.69) is 41.2 Å². The fourth-order valence-electron chi connectivity index (χ4n) is 2.50. The molecule has 1 N–H and O–H groups in total. The van der Waals surface area contributed by atoms with Crippen LogP contribution < -0.4 is 5.32 Å². The minimum Gasteiger partial charge on any atom is -0.314 e. The van der Waals surface area contributed by atoms with E-state index in [0.717, 1.165) is 32.1 Å². The first-order chi connectivity index (χ1) is 8.31. The van der Waals surface area contributed by atoms with Crippen LogP contribution in [-0.2, 0) is 6.54 Å². The SMILES string of the molecule is CCC(C)C1CNCCN1Cc1ccccn1. The van der Waals surface area contributed by atoms with E-state index in [1.165, 1.54) is 12.1 Å². The molecule has 0 bridgehead atoms. The molecule has 0 amide bonds. The number of rotatable bonds is 4. The van der Waals surface area contributed by atoms with E-state index < -0.39 is 0 Å². The van der Waals surface area contributed by atoms with Crippen LogP contribution in [0.5, 0.6) is 0 Å². The number of piperazine rings is 1. The standard InChI is InChI=1S/C14H23N3/c1-3-12(2)14-10-15-8-9-17(14)11-13-6-4-5-7-16-13/h4-7,12,14-15H,3,8-11H2,1-2H3. The van der Waals surface area contributed by atoms with E-state index in [4.69, 9.17) is 0 Å². The van der Waals surface area contributed by atoms with Crippen molar-refractivity contribution in [1.82, 2.24) is 15.2 Å². The highest BCUT2D eigenvalue weighted by molar-refractivity contribution is 5.04. The lowest BCUT2D eigenvalue weighted by Crippen LogP contribution is -2.53. The molecule has 0 aromatic carbocycles. The van der Waals surface area contributed by atoms with Crippen molar-refractivity contribution < 1.29 is 0 Å². The fraction of sp³-hybridized carbons (Fsp3) is 0.643. The normalized spacial score (nSPS) is 23.5. The molecule has 0 radical (unpaired) electrons. The Morgan fingerprint density at radius 2 is 2.41 bits per heavy atom. The number of hydrogen-bond donors (Lipinski definition) is 1. The molecule has 2 unspecified atom stereocenters. The van der Waals surface area contributed by atoms with Crippen molar-refractivity contribution in [2.45, 2.75) is 32.9 Å². The molecule has 1 aromatic heterocycles. The molecule has 1 aliphatic heterocycles. The highest BCUT2D eigenvalue weighted by Gasteiger charge is 2.26. The van der Waals surface area contributed by atoms with Crippen LogP contribution in [-0.4, -0.2) is 35.6 Å². The topological polar surface area (TPSA) is 28.2 Å². The fourth-order valence-corrected chi connectivity index (χ4v) is 2.50. The minimum atomic E-state index is 0.649. The van der Waals surface area contributed by atoms with Crippen molar-refractivity contribution in [3.8, 4) is 0 Å². The number of nitrogens with zero attached hydrogens (tertiary/aromatic N) is 2. The molecule has 1 saturated heterocycles. The summed E-state index contributed by atoms with van der Waals surface area (Å²) >= 11 is 0. The molecule has 2 heterocycles. The molecule has 94 valence electrons. The first-order valence-corrected chi connectivity index (χ1v) is 6.66. The first-order valence-electron chi connectivity index (χ1n) is 6.66. The zero-order chi connectivity index (χ0) is 12.1. The van der Waals surface area contributed by atoms with Gasteiger partial charge in [-0.05, 0) is 18.1 Å².